The number of hydrogen-bond donors (Lipinski definition) is 2. The lowest BCUT2D eigenvalue weighted by Gasteiger charge is -2.10. The minimum absolute atomic E-state index is 0.123. The third kappa shape index (κ3) is 4.11. The normalized spacial score (nSPS) is 10.7. The van der Waals surface area contributed by atoms with Gasteiger partial charge in [0.2, 0.25) is 0 Å². The molecule has 2 N–H and O–H groups in total. The van der Waals surface area contributed by atoms with E-state index in [9.17, 15) is 4.79 Å². The first-order chi connectivity index (χ1) is 12.6. The monoisotopic (exact) mass is 365 g/mol. The fourth-order valence-corrected chi connectivity index (χ4v) is 3.33. The molecule has 0 spiro atoms. The molecule has 134 valence electrons. The number of imidazole rings is 1. The molecule has 5 heteroatoms. The van der Waals surface area contributed by atoms with E-state index < -0.39 is 0 Å². The highest BCUT2D eigenvalue weighted by molar-refractivity contribution is 7.71. The Morgan fingerprint density at radius 1 is 1.15 bits per heavy atom. The number of H-pyrrole nitrogens is 1. The van der Waals surface area contributed by atoms with E-state index in [1.165, 1.54) is 16.7 Å². The molecule has 0 saturated heterocycles. The highest BCUT2D eigenvalue weighted by atomic mass is 32.1. The molecule has 0 unspecified atom stereocenters. The van der Waals surface area contributed by atoms with E-state index in [1.807, 2.05) is 30.3 Å². The van der Waals surface area contributed by atoms with Gasteiger partial charge in [-0.1, -0.05) is 42.0 Å². The summed E-state index contributed by atoms with van der Waals surface area (Å²) in [7, 11) is 0. The first kappa shape index (κ1) is 18.1. The molecule has 0 radical (unpaired) electrons. The van der Waals surface area contributed by atoms with Gasteiger partial charge >= 0.3 is 0 Å². The van der Waals surface area contributed by atoms with E-state index in [0.29, 0.717) is 17.0 Å². The molecule has 0 saturated carbocycles. The van der Waals surface area contributed by atoms with Crippen molar-refractivity contribution >= 4 is 18.1 Å². The predicted octanol–water partition coefficient (Wildman–Crippen LogP) is 4.51. The Bertz CT molecular complexity index is 957. The molecule has 0 aliphatic rings. The average molecular weight is 366 g/mol. The summed E-state index contributed by atoms with van der Waals surface area (Å²) in [6.45, 7) is 4.86. The van der Waals surface area contributed by atoms with Crippen molar-refractivity contribution in [3.05, 3.63) is 81.9 Å². The SMILES string of the molecule is Cc1ccc(CCCNC(=O)c2c[nH]c(=S)n2-c2ccccc2)c(C)c1. The summed E-state index contributed by atoms with van der Waals surface area (Å²) in [5.41, 5.74) is 5.31. The number of amides is 1. The van der Waals surface area contributed by atoms with Gasteiger partial charge in [0.15, 0.2) is 4.77 Å². The van der Waals surface area contributed by atoms with Crippen LogP contribution in [-0.2, 0) is 6.42 Å². The van der Waals surface area contributed by atoms with Crippen LogP contribution in [0.2, 0.25) is 0 Å². The molecule has 26 heavy (non-hydrogen) atoms. The summed E-state index contributed by atoms with van der Waals surface area (Å²) in [4.78, 5) is 15.5. The van der Waals surface area contributed by atoms with Gasteiger partial charge in [-0.3, -0.25) is 9.36 Å². The number of nitrogens with one attached hydrogen (secondary N) is 2. The summed E-state index contributed by atoms with van der Waals surface area (Å²) in [5, 5.41) is 3.00. The second-order valence-electron chi connectivity index (χ2n) is 6.44. The Morgan fingerprint density at radius 3 is 2.65 bits per heavy atom. The van der Waals surface area contributed by atoms with Crippen LogP contribution in [0, 0.1) is 18.6 Å². The lowest BCUT2D eigenvalue weighted by Crippen LogP contribution is -2.27. The van der Waals surface area contributed by atoms with Crippen molar-refractivity contribution in [2.75, 3.05) is 6.54 Å². The van der Waals surface area contributed by atoms with Crippen LogP contribution in [0.25, 0.3) is 5.69 Å². The molecular weight excluding hydrogens is 342 g/mol. The van der Waals surface area contributed by atoms with E-state index in [0.717, 1.165) is 18.5 Å². The molecule has 1 amide bonds. The number of benzene rings is 2. The molecule has 0 aliphatic heterocycles. The molecule has 0 fully saturated rings. The molecular formula is C21H23N3OS. The zero-order valence-corrected chi connectivity index (χ0v) is 15.9. The lowest BCUT2D eigenvalue weighted by atomic mass is 10.0. The number of carbonyl (C=O) groups is 1. The first-order valence-electron chi connectivity index (χ1n) is 8.76. The van der Waals surface area contributed by atoms with Crippen molar-refractivity contribution in [1.29, 1.82) is 0 Å². The number of aromatic nitrogens is 2. The maximum absolute atomic E-state index is 12.6. The maximum atomic E-state index is 12.6. The Labute approximate surface area is 158 Å². The van der Waals surface area contributed by atoms with Crippen molar-refractivity contribution in [3.63, 3.8) is 0 Å². The van der Waals surface area contributed by atoms with Gasteiger partial charge in [0.25, 0.3) is 5.91 Å². The molecule has 0 aliphatic carbocycles. The van der Waals surface area contributed by atoms with Crippen LogP contribution in [0.5, 0.6) is 0 Å². The van der Waals surface area contributed by atoms with Gasteiger partial charge in [-0.15, -0.1) is 0 Å². The van der Waals surface area contributed by atoms with E-state index in [-0.39, 0.29) is 5.91 Å². The van der Waals surface area contributed by atoms with Crippen LogP contribution < -0.4 is 5.32 Å². The Balaban J connectivity index is 1.62. The molecule has 3 rings (SSSR count). The number of para-hydroxylation sites is 1. The zero-order chi connectivity index (χ0) is 18.5. The van der Waals surface area contributed by atoms with Gasteiger partial charge < -0.3 is 10.3 Å². The topological polar surface area (TPSA) is 49.8 Å². The molecule has 1 heterocycles. The summed E-state index contributed by atoms with van der Waals surface area (Å²) < 4.78 is 2.27. The predicted molar refractivity (Wildman–Crippen MR) is 108 cm³/mol. The van der Waals surface area contributed by atoms with Crippen molar-refractivity contribution in [2.24, 2.45) is 0 Å². The van der Waals surface area contributed by atoms with Crippen LogP contribution in [-0.4, -0.2) is 22.0 Å². The van der Waals surface area contributed by atoms with E-state index in [1.54, 1.807) is 10.8 Å². The average Bonchev–Trinajstić information content (AvgIpc) is 3.02. The quantitative estimate of drug-likeness (QED) is 0.499. The minimum atomic E-state index is -0.123. The van der Waals surface area contributed by atoms with E-state index >= 15 is 0 Å². The standard InChI is InChI=1S/C21H23N3OS/c1-15-10-11-17(16(2)13-15)7-6-12-22-20(25)19-14-23-21(26)24(19)18-8-4-3-5-9-18/h3-5,8-11,13-14H,6-7,12H2,1-2H3,(H,22,25)(H,23,26). The number of hydrogen-bond acceptors (Lipinski definition) is 2. The van der Waals surface area contributed by atoms with Gasteiger partial charge in [0.1, 0.15) is 5.69 Å². The van der Waals surface area contributed by atoms with Crippen molar-refractivity contribution in [2.45, 2.75) is 26.7 Å². The lowest BCUT2D eigenvalue weighted by molar-refractivity contribution is 0.0946. The Hall–Kier alpha value is -2.66. The second-order valence-corrected chi connectivity index (χ2v) is 6.83. The summed E-state index contributed by atoms with van der Waals surface area (Å²) in [6.07, 6.45) is 3.51. The second kappa shape index (κ2) is 8.15. The van der Waals surface area contributed by atoms with Crippen LogP contribution in [0.3, 0.4) is 0 Å². The first-order valence-corrected chi connectivity index (χ1v) is 9.17. The van der Waals surface area contributed by atoms with Gasteiger partial charge in [-0.25, -0.2) is 0 Å². The third-order valence-electron chi connectivity index (χ3n) is 4.43. The zero-order valence-electron chi connectivity index (χ0n) is 15.1. The molecule has 4 nitrogen and oxygen atoms in total. The van der Waals surface area contributed by atoms with Crippen LogP contribution in [0.1, 0.15) is 33.6 Å². The van der Waals surface area contributed by atoms with Gasteiger partial charge in [-0.2, -0.15) is 0 Å². The molecule has 3 aromatic rings. The van der Waals surface area contributed by atoms with Gasteiger partial charge in [0.05, 0.1) is 0 Å². The maximum Gasteiger partial charge on any atom is 0.269 e. The van der Waals surface area contributed by atoms with Gasteiger partial charge in [0, 0.05) is 18.4 Å². The fraction of sp³-hybridized carbons (Fsp3) is 0.238. The number of carbonyl (C=O) groups excluding carboxylic acids is 1. The number of aryl methyl sites for hydroxylation is 3. The van der Waals surface area contributed by atoms with Crippen LogP contribution >= 0.6 is 12.2 Å². The van der Waals surface area contributed by atoms with Gasteiger partial charge in [-0.05, 0) is 62.2 Å². The van der Waals surface area contributed by atoms with E-state index in [2.05, 4.69) is 42.3 Å². The van der Waals surface area contributed by atoms with Crippen molar-refractivity contribution in [1.82, 2.24) is 14.9 Å². The number of rotatable bonds is 6. The third-order valence-corrected chi connectivity index (χ3v) is 4.73. The highest BCUT2D eigenvalue weighted by Gasteiger charge is 2.13. The number of nitrogens with zero attached hydrogens (tertiary/aromatic N) is 1. The summed E-state index contributed by atoms with van der Waals surface area (Å²) >= 11 is 5.33. The molecule has 2 aromatic carbocycles. The summed E-state index contributed by atoms with van der Waals surface area (Å²) in [5.74, 6) is -0.123. The van der Waals surface area contributed by atoms with Crippen molar-refractivity contribution < 1.29 is 4.79 Å². The van der Waals surface area contributed by atoms with Crippen LogP contribution in [0.4, 0.5) is 0 Å². The smallest absolute Gasteiger partial charge is 0.269 e. The Kier molecular flexibility index (Phi) is 5.68. The molecule has 0 atom stereocenters. The molecule has 0 bridgehead atoms. The van der Waals surface area contributed by atoms with Crippen LogP contribution in [0.15, 0.2) is 54.7 Å². The fourth-order valence-electron chi connectivity index (χ4n) is 3.07. The molecule has 1 aromatic heterocycles. The van der Waals surface area contributed by atoms with Crippen molar-refractivity contribution in [3.8, 4) is 5.69 Å². The highest BCUT2D eigenvalue weighted by Crippen LogP contribution is 2.14. The largest absolute Gasteiger partial charge is 0.351 e. The Morgan fingerprint density at radius 2 is 1.92 bits per heavy atom. The summed E-state index contributed by atoms with van der Waals surface area (Å²) in [6, 6.07) is 16.2. The van der Waals surface area contributed by atoms with E-state index in [4.69, 9.17) is 12.2 Å². The minimum Gasteiger partial charge on any atom is -0.351 e. The number of aromatic amines is 1.